The molecule has 0 radical (unpaired) electrons. The lowest BCUT2D eigenvalue weighted by Crippen LogP contribution is -2.17. The summed E-state index contributed by atoms with van der Waals surface area (Å²) in [5.41, 5.74) is 6.27. The molecule has 0 unspecified atom stereocenters. The van der Waals surface area contributed by atoms with Crippen LogP contribution in [0.25, 0.3) is 0 Å². The highest BCUT2D eigenvalue weighted by molar-refractivity contribution is 6.32. The van der Waals surface area contributed by atoms with Crippen molar-refractivity contribution in [2.75, 3.05) is 11.1 Å². The molecule has 20 heavy (non-hydrogen) atoms. The molecule has 1 aromatic carbocycles. The summed E-state index contributed by atoms with van der Waals surface area (Å²) in [5, 5.41) is 2.89. The first-order valence-corrected chi connectivity index (χ1v) is 5.62. The van der Waals surface area contributed by atoms with Gasteiger partial charge in [0.05, 0.1) is 0 Å². The maximum atomic E-state index is 12.0. The van der Waals surface area contributed by atoms with E-state index in [9.17, 15) is 13.2 Å². The average Bonchev–Trinajstić information content (AvgIpc) is 2.35. The van der Waals surface area contributed by atoms with Crippen LogP contribution < -0.4 is 15.8 Å². The second kappa shape index (κ2) is 5.41. The summed E-state index contributed by atoms with van der Waals surface area (Å²) in [7, 11) is 0. The van der Waals surface area contributed by atoms with Gasteiger partial charge in [-0.25, -0.2) is 9.97 Å². The number of nitrogens with two attached hydrogens (primary N) is 1. The van der Waals surface area contributed by atoms with Gasteiger partial charge in [0.1, 0.15) is 17.8 Å². The van der Waals surface area contributed by atoms with E-state index in [-0.39, 0.29) is 22.4 Å². The van der Waals surface area contributed by atoms with E-state index in [1.54, 1.807) is 0 Å². The average molecular weight is 305 g/mol. The van der Waals surface area contributed by atoms with Crippen LogP contribution >= 0.6 is 11.6 Å². The maximum absolute atomic E-state index is 12.0. The molecule has 2 rings (SSSR count). The molecule has 0 aliphatic carbocycles. The number of nitrogens with zero attached hydrogens (tertiary/aromatic N) is 2. The van der Waals surface area contributed by atoms with Gasteiger partial charge in [-0.2, -0.15) is 0 Å². The Labute approximate surface area is 116 Å². The topological polar surface area (TPSA) is 73.1 Å². The van der Waals surface area contributed by atoms with Crippen molar-refractivity contribution in [2.45, 2.75) is 6.36 Å². The number of rotatable bonds is 3. The van der Waals surface area contributed by atoms with Gasteiger partial charge in [0, 0.05) is 5.69 Å². The molecular weight excluding hydrogens is 297 g/mol. The fourth-order valence-electron chi connectivity index (χ4n) is 1.35. The van der Waals surface area contributed by atoms with Crippen LogP contribution in [-0.4, -0.2) is 16.3 Å². The van der Waals surface area contributed by atoms with Gasteiger partial charge in [-0.3, -0.25) is 0 Å². The smallest absolute Gasteiger partial charge is 0.406 e. The number of halogens is 4. The van der Waals surface area contributed by atoms with Crippen LogP contribution in [0.3, 0.4) is 0 Å². The standard InChI is InChI=1S/C11H8ClF3N4O/c12-9-8(16)10(18-5-17-9)19-6-1-3-7(4-2-6)20-11(13,14)15/h1-5H,16H2,(H,17,18,19). The fraction of sp³-hybridized carbons (Fsp3) is 0.0909. The Morgan fingerprint density at radius 1 is 1.15 bits per heavy atom. The first-order valence-electron chi connectivity index (χ1n) is 5.24. The molecule has 9 heteroatoms. The molecule has 0 aliphatic rings. The Balaban J connectivity index is 2.13. The van der Waals surface area contributed by atoms with E-state index in [0.717, 1.165) is 12.1 Å². The van der Waals surface area contributed by atoms with Crippen molar-refractivity contribution in [3.05, 3.63) is 35.7 Å². The third-order valence-corrected chi connectivity index (χ3v) is 2.49. The third-order valence-electron chi connectivity index (χ3n) is 2.19. The first-order chi connectivity index (χ1) is 9.35. The molecule has 0 saturated carbocycles. The predicted molar refractivity (Wildman–Crippen MR) is 67.9 cm³/mol. The number of nitrogens with one attached hydrogen (secondary N) is 1. The zero-order valence-electron chi connectivity index (χ0n) is 9.78. The van der Waals surface area contributed by atoms with Crippen molar-refractivity contribution in [3.63, 3.8) is 0 Å². The molecule has 0 amide bonds. The van der Waals surface area contributed by atoms with Crippen LogP contribution in [0, 0.1) is 0 Å². The molecular formula is C11H8ClF3N4O. The number of benzene rings is 1. The van der Waals surface area contributed by atoms with Gasteiger partial charge in [0.2, 0.25) is 0 Å². The molecule has 0 aliphatic heterocycles. The number of anilines is 3. The fourth-order valence-corrected chi connectivity index (χ4v) is 1.48. The molecule has 106 valence electrons. The van der Waals surface area contributed by atoms with Crippen molar-refractivity contribution < 1.29 is 17.9 Å². The summed E-state index contributed by atoms with van der Waals surface area (Å²) in [5.74, 6) is -0.0637. The molecule has 0 atom stereocenters. The van der Waals surface area contributed by atoms with E-state index < -0.39 is 6.36 Å². The van der Waals surface area contributed by atoms with Crippen LogP contribution in [0.15, 0.2) is 30.6 Å². The van der Waals surface area contributed by atoms with E-state index in [2.05, 4.69) is 20.0 Å². The maximum Gasteiger partial charge on any atom is 0.573 e. The highest BCUT2D eigenvalue weighted by atomic mass is 35.5. The van der Waals surface area contributed by atoms with Crippen LogP contribution in [0.1, 0.15) is 0 Å². The monoisotopic (exact) mass is 304 g/mol. The van der Waals surface area contributed by atoms with E-state index >= 15 is 0 Å². The molecule has 1 aromatic heterocycles. The number of alkyl halides is 3. The van der Waals surface area contributed by atoms with E-state index in [1.165, 1.54) is 18.5 Å². The second-order valence-electron chi connectivity index (χ2n) is 3.62. The number of hydrogen-bond donors (Lipinski definition) is 2. The zero-order valence-corrected chi connectivity index (χ0v) is 10.5. The van der Waals surface area contributed by atoms with Gasteiger partial charge in [-0.15, -0.1) is 13.2 Å². The number of ether oxygens (including phenoxy) is 1. The van der Waals surface area contributed by atoms with Crippen LogP contribution in [0.4, 0.5) is 30.4 Å². The SMILES string of the molecule is Nc1c(Cl)ncnc1Nc1ccc(OC(F)(F)F)cc1. The highest BCUT2D eigenvalue weighted by Crippen LogP contribution is 2.27. The normalized spacial score (nSPS) is 11.2. The largest absolute Gasteiger partial charge is 0.573 e. The molecule has 1 heterocycles. The highest BCUT2D eigenvalue weighted by Gasteiger charge is 2.30. The van der Waals surface area contributed by atoms with E-state index in [4.69, 9.17) is 17.3 Å². The Morgan fingerprint density at radius 2 is 1.80 bits per heavy atom. The van der Waals surface area contributed by atoms with Gasteiger partial charge in [-0.1, -0.05) is 11.6 Å². The lowest BCUT2D eigenvalue weighted by molar-refractivity contribution is -0.274. The van der Waals surface area contributed by atoms with Gasteiger partial charge in [0.15, 0.2) is 11.0 Å². The van der Waals surface area contributed by atoms with Crippen molar-refractivity contribution >= 4 is 28.8 Å². The first kappa shape index (κ1) is 14.2. The Hall–Kier alpha value is -2.22. The molecule has 0 fully saturated rings. The summed E-state index contributed by atoms with van der Waals surface area (Å²) < 4.78 is 39.8. The van der Waals surface area contributed by atoms with Crippen LogP contribution in [-0.2, 0) is 0 Å². The van der Waals surface area contributed by atoms with E-state index in [0.29, 0.717) is 5.69 Å². The molecule has 2 aromatic rings. The predicted octanol–water partition coefficient (Wildman–Crippen LogP) is 3.35. The van der Waals surface area contributed by atoms with Crippen LogP contribution in [0.5, 0.6) is 5.75 Å². The lowest BCUT2D eigenvalue weighted by atomic mass is 10.3. The van der Waals surface area contributed by atoms with E-state index in [1.807, 2.05) is 0 Å². The van der Waals surface area contributed by atoms with Gasteiger partial charge >= 0.3 is 6.36 Å². The molecule has 0 spiro atoms. The van der Waals surface area contributed by atoms with Gasteiger partial charge in [-0.05, 0) is 24.3 Å². The Morgan fingerprint density at radius 3 is 2.40 bits per heavy atom. The zero-order chi connectivity index (χ0) is 14.8. The number of aromatic nitrogens is 2. The number of nitrogen functional groups attached to an aromatic ring is 1. The summed E-state index contributed by atoms with van der Waals surface area (Å²) in [4.78, 5) is 7.55. The summed E-state index contributed by atoms with van der Waals surface area (Å²) in [6.07, 6.45) is -3.51. The minimum Gasteiger partial charge on any atom is -0.406 e. The van der Waals surface area contributed by atoms with Crippen molar-refractivity contribution in [1.82, 2.24) is 9.97 Å². The van der Waals surface area contributed by atoms with Crippen LogP contribution in [0.2, 0.25) is 5.15 Å². The minimum atomic E-state index is -4.72. The number of hydrogen-bond acceptors (Lipinski definition) is 5. The second-order valence-corrected chi connectivity index (χ2v) is 3.98. The summed E-state index contributed by atoms with van der Waals surface area (Å²) in [6, 6.07) is 5.09. The van der Waals surface area contributed by atoms with Crippen molar-refractivity contribution in [1.29, 1.82) is 0 Å². The third kappa shape index (κ3) is 3.64. The quantitative estimate of drug-likeness (QED) is 0.851. The Bertz CT molecular complexity index is 604. The van der Waals surface area contributed by atoms with Crippen molar-refractivity contribution in [2.24, 2.45) is 0 Å². The Kier molecular flexibility index (Phi) is 3.84. The summed E-state index contributed by atoms with van der Waals surface area (Å²) in [6.45, 7) is 0. The molecule has 0 saturated heterocycles. The summed E-state index contributed by atoms with van der Waals surface area (Å²) >= 11 is 5.72. The van der Waals surface area contributed by atoms with Crippen molar-refractivity contribution in [3.8, 4) is 5.75 Å². The minimum absolute atomic E-state index is 0.0829. The van der Waals surface area contributed by atoms with Gasteiger partial charge < -0.3 is 15.8 Å². The molecule has 3 N–H and O–H groups in total. The van der Waals surface area contributed by atoms with Gasteiger partial charge in [0.25, 0.3) is 0 Å². The molecule has 5 nitrogen and oxygen atoms in total. The molecule has 0 bridgehead atoms. The lowest BCUT2D eigenvalue weighted by Gasteiger charge is -2.11.